The number of halogens is 2. The molecule has 3 aromatic carbocycles. The molecule has 1 heterocycles. The number of hydrogen-bond acceptors (Lipinski definition) is 3. The van der Waals surface area contributed by atoms with Gasteiger partial charge >= 0.3 is 5.97 Å². The number of rotatable bonds is 9. The van der Waals surface area contributed by atoms with Gasteiger partial charge in [-0.15, -0.1) is 0 Å². The van der Waals surface area contributed by atoms with Crippen LogP contribution < -0.4 is 0 Å². The summed E-state index contributed by atoms with van der Waals surface area (Å²) in [6.45, 7) is 1.84. The second-order valence-electron chi connectivity index (χ2n) is 8.41. The summed E-state index contributed by atoms with van der Waals surface area (Å²) < 4.78 is 36.5. The first-order valence-electron chi connectivity index (χ1n) is 11.4. The predicted octanol–water partition coefficient (Wildman–Crippen LogP) is 5.68. The van der Waals surface area contributed by atoms with E-state index in [-0.39, 0.29) is 25.1 Å². The van der Waals surface area contributed by atoms with Crippen LogP contribution in [0.4, 0.5) is 8.78 Å². The molecule has 0 saturated heterocycles. The topological polar surface area (TPSA) is 51.5 Å². The molecule has 0 aliphatic heterocycles. The van der Waals surface area contributed by atoms with E-state index in [0.29, 0.717) is 17.5 Å². The second kappa shape index (κ2) is 10.6. The van der Waals surface area contributed by atoms with E-state index in [2.05, 4.69) is 0 Å². The molecule has 4 nitrogen and oxygen atoms in total. The molecule has 0 radical (unpaired) electrons. The SMILES string of the molecule is CCCc1cc(F)c(Cn2cc(C[C@H](O)COC(=O)c3ccccc3)c3ccccc32)c(F)c1. The number of para-hydroxylation sites is 1. The monoisotopic (exact) mass is 463 g/mol. The highest BCUT2D eigenvalue weighted by atomic mass is 19.1. The Morgan fingerprint density at radius 1 is 1.03 bits per heavy atom. The van der Waals surface area contributed by atoms with Crippen molar-refractivity contribution in [2.45, 2.75) is 38.8 Å². The van der Waals surface area contributed by atoms with Gasteiger partial charge in [0.2, 0.25) is 0 Å². The van der Waals surface area contributed by atoms with Crippen LogP contribution in [0.3, 0.4) is 0 Å². The minimum absolute atomic E-state index is 0.00416. The molecule has 1 atom stereocenters. The van der Waals surface area contributed by atoms with Crippen molar-refractivity contribution in [3.63, 3.8) is 0 Å². The Morgan fingerprint density at radius 3 is 2.41 bits per heavy atom. The first-order valence-corrected chi connectivity index (χ1v) is 11.4. The summed E-state index contributed by atoms with van der Waals surface area (Å²) in [6, 6.07) is 18.9. The highest BCUT2D eigenvalue weighted by molar-refractivity contribution is 5.89. The van der Waals surface area contributed by atoms with E-state index >= 15 is 0 Å². The van der Waals surface area contributed by atoms with Crippen LogP contribution in [0.15, 0.2) is 72.9 Å². The molecular formula is C28H27F2NO3. The molecule has 6 heteroatoms. The van der Waals surface area contributed by atoms with Crippen LogP contribution in [-0.2, 0) is 24.1 Å². The number of ether oxygens (including phenoxy) is 1. The number of carbonyl (C=O) groups is 1. The first kappa shape index (κ1) is 23.6. The molecule has 176 valence electrons. The van der Waals surface area contributed by atoms with Gasteiger partial charge in [0.25, 0.3) is 0 Å². The molecule has 34 heavy (non-hydrogen) atoms. The Hall–Kier alpha value is -3.51. The van der Waals surface area contributed by atoms with Crippen molar-refractivity contribution in [2.24, 2.45) is 0 Å². The summed E-state index contributed by atoms with van der Waals surface area (Å²) in [4.78, 5) is 12.1. The number of hydrogen-bond donors (Lipinski definition) is 1. The summed E-state index contributed by atoms with van der Waals surface area (Å²) >= 11 is 0. The molecule has 0 unspecified atom stereocenters. The number of carbonyl (C=O) groups excluding carboxylic acids is 1. The van der Waals surface area contributed by atoms with Crippen molar-refractivity contribution in [1.29, 1.82) is 0 Å². The van der Waals surface area contributed by atoms with Crippen molar-refractivity contribution >= 4 is 16.9 Å². The first-order chi connectivity index (χ1) is 16.5. The molecule has 0 saturated carbocycles. The Labute approximate surface area is 197 Å². The Morgan fingerprint density at radius 2 is 1.71 bits per heavy atom. The average Bonchev–Trinajstić information content (AvgIpc) is 3.18. The summed E-state index contributed by atoms with van der Waals surface area (Å²) in [5.41, 5.74) is 2.68. The summed E-state index contributed by atoms with van der Waals surface area (Å²) in [6.07, 6.45) is 2.54. The fourth-order valence-corrected chi connectivity index (χ4v) is 4.17. The zero-order valence-corrected chi connectivity index (χ0v) is 19.0. The number of fused-ring (bicyclic) bond motifs is 1. The number of esters is 1. The smallest absolute Gasteiger partial charge is 0.338 e. The lowest BCUT2D eigenvalue weighted by molar-refractivity contribution is 0.0259. The molecule has 0 aliphatic rings. The van der Waals surface area contributed by atoms with Gasteiger partial charge in [-0.2, -0.15) is 0 Å². The lowest BCUT2D eigenvalue weighted by atomic mass is 10.1. The van der Waals surface area contributed by atoms with E-state index < -0.39 is 23.7 Å². The Kier molecular flexibility index (Phi) is 7.38. The largest absolute Gasteiger partial charge is 0.459 e. The van der Waals surface area contributed by atoms with Gasteiger partial charge in [0.1, 0.15) is 18.2 Å². The number of benzene rings is 3. The van der Waals surface area contributed by atoms with Gasteiger partial charge in [0.05, 0.1) is 18.2 Å². The second-order valence-corrected chi connectivity index (χ2v) is 8.41. The predicted molar refractivity (Wildman–Crippen MR) is 128 cm³/mol. The molecule has 1 aromatic heterocycles. The van der Waals surface area contributed by atoms with Gasteiger partial charge < -0.3 is 14.4 Å². The van der Waals surface area contributed by atoms with Gasteiger partial charge in [-0.3, -0.25) is 0 Å². The highest BCUT2D eigenvalue weighted by Gasteiger charge is 2.17. The van der Waals surface area contributed by atoms with Crippen LogP contribution in [0, 0.1) is 11.6 Å². The van der Waals surface area contributed by atoms with Crippen molar-refractivity contribution in [3.05, 3.63) is 107 Å². The molecular weight excluding hydrogens is 436 g/mol. The van der Waals surface area contributed by atoms with Crippen LogP contribution in [-0.4, -0.2) is 28.4 Å². The van der Waals surface area contributed by atoms with E-state index in [1.807, 2.05) is 31.2 Å². The van der Waals surface area contributed by atoms with Gasteiger partial charge in [0.15, 0.2) is 0 Å². The fourth-order valence-electron chi connectivity index (χ4n) is 4.17. The van der Waals surface area contributed by atoms with Crippen LogP contribution in [0.2, 0.25) is 0 Å². The minimum atomic E-state index is -0.922. The number of aliphatic hydroxyl groups excluding tert-OH is 1. The van der Waals surface area contributed by atoms with Crippen LogP contribution in [0.25, 0.3) is 10.9 Å². The molecule has 0 bridgehead atoms. The van der Waals surface area contributed by atoms with Crippen LogP contribution >= 0.6 is 0 Å². The van der Waals surface area contributed by atoms with Crippen LogP contribution in [0.1, 0.15) is 40.4 Å². The maximum atomic E-state index is 14.7. The quantitative estimate of drug-likeness (QED) is 0.325. The van der Waals surface area contributed by atoms with Gasteiger partial charge in [0, 0.05) is 29.1 Å². The molecule has 4 aromatic rings. The van der Waals surface area contributed by atoms with Crippen molar-refractivity contribution in [1.82, 2.24) is 4.57 Å². The number of nitrogens with zero attached hydrogens (tertiary/aromatic N) is 1. The summed E-state index contributed by atoms with van der Waals surface area (Å²) in [5.74, 6) is -1.62. The number of aryl methyl sites for hydroxylation is 1. The third kappa shape index (κ3) is 5.34. The fraction of sp³-hybridized carbons (Fsp3) is 0.250. The number of aliphatic hydroxyl groups is 1. The standard InChI is InChI=1S/C28H27F2NO3/c1-2-8-19-13-25(29)24(26(30)14-19)17-31-16-21(23-11-6-7-12-27(23)31)15-22(32)18-34-28(33)20-9-4-3-5-10-20/h3-7,9-14,16,22,32H,2,8,15,17-18H2,1H3/t22-/m0/s1. The highest BCUT2D eigenvalue weighted by Crippen LogP contribution is 2.26. The minimum Gasteiger partial charge on any atom is -0.459 e. The molecule has 0 aliphatic carbocycles. The molecule has 4 rings (SSSR count). The Bertz CT molecular complexity index is 1260. The maximum absolute atomic E-state index is 14.7. The van der Waals surface area contributed by atoms with Gasteiger partial charge in [-0.05, 0) is 47.9 Å². The third-order valence-corrected chi connectivity index (χ3v) is 5.81. The van der Waals surface area contributed by atoms with Gasteiger partial charge in [-0.25, -0.2) is 13.6 Å². The van der Waals surface area contributed by atoms with Crippen molar-refractivity contribution in [2.75, 3.05) is 6.61 Å². The normalized spacial score (nSPS) is 12.1. The van der Waals surface area contributed by atoms with Crippen LogP contribution in [0.5, 0.6) is 0 Å². The average molecular weight is 464 g/mol. The zero-order valence-electron chi connectivity index (χ0n) is 19.0. The molecule has 0 fully saturated rings. The van der Waals surface area contributed by atoms with E-state index in [1.165, 1.54) is 12.1 Å². The molecule has 0 spiro atoms. The van der Waals surface area contributed by atoms with E-state index in [1.54, 1.807) is 41.1 Å². The summed E-state index contributed by atoms with van der Waals surface area (Å²) in [5, 5.41) is 11.4. The van der Waals surface area contributed by atoms with E-state index in [0.717, 1.165) is 22.9 Å². The van der Waals surface area contributed by atoms with E-state index in [4.69, 9.17) is 4.74 Å². The molecule has 0 amide bonds. The van der Waals surface area contributed by atoms with Crippen molar-refractivity contribution in [3.8, 4) is 0 Å². The summed E-state index contributed by atoms with van der Waals surface area (Å²) in [7, 11) is 0. The third-order valence-electron chi connectivity index (χ3n) is 5.81. The maximum Gasteiger partial charge on any atom is 0.338 e. The Balaban J connectivity index is 1.51. The van der Waals surface area contributed by atoms with Crippen molar-refractivity contribution < 1.29 is 23.4 Å². The van der Waals surface area contributed by atoms with Gasteiger partial charge in [-0.1, -0.05) is 49.7 Å². The van der Waals surface area contributed by atoms with E-state index in [9.17, 15) is 18.7 Å². The number of aromatic nitrogens is 1. The lowest BCUT2D eigenvalue weighted by Gasteiger charge is -2.11. The lowest BCUT2D eigenvalue weighted by Crippen LogP contribution is -2.21. The zero-order chi connectivity index (χ0) is 24.1. The molecule has 1 N–H and O–H groups in total.